The van der Waals surface area contributed by atoms with Crippen LogP contribution in [0.5, 0.6) is 0 Å². The third-order valence-corrected chi connectivity index (χ3v) is 2.69. The van der Waals surface area contributed by atoms with Crippen molar-refractivity contribution in [3.63, 3.8) is 0 Å². The predicted molar refractivity (Wildman–Crippen MR) is 54.9 cm³/mol. The molecular weight excluding hydrogens is 164 g/mol. The van der Waals surface area contributed by atoms with Gasteiger partial charge in [-0.05, 0) is 40.0 Å². The Labute approximate surface area is 81.3 Å². The van der Waals surface area contributed by atoms with E-state index in [1.165, 1.54) is 0 Å². The third kappa shape index (κ3) is 3.25. The Morgan fingerprint density at radius 1 is 1.46 bits per heavy atom. The Hall–Kier alpha value is -0.120. The summed E-state index contributed by atoms with van der Waals surface area (Å²) in [5.74, 6) is 0. The Kier molecular flexibility index (Phi) is 3.71. The van der Waals surface area contributed by atoms with Gasteiger partial charge in [0.15, 0.2) is 0 Å². The lowest BCUT2D eigenvalue weighted by molar-refractivity contribution is -0.0444. The fourth-order valence-electron chi connectivity index (χ4n) is 2.19. The van der Waals surface area contributed by atoms with Gasteiger partial charge in [0, 0.05) is 13.1 Å². The fraction of sp³-hybridized carbons (Fsp3) is 1.00. The van der Waals surface area contributed by atoms with Gasteiger partial charge in [-0.25, -0.2) is 0 Å². The van der Waals surface area contributed by atoms with E-state index >= 15 is 0 Å². The summed E-state index contributed by atoms with van der Waals surface area (Å²) in [7, 11) is 4.03. The van der Waals surface area contributed by atoms with Crippen molar-refractivity contribution in [2.75, 3.05) is 40.3 Å². The average Bonchev–Trinajstić information content (AvgIpc) is 2.02. The summed E-state index contributed by atoms with van der Waals surface area (Å²) < 4.78 is 0. The first-order chi connectivity index (χ1) is 6.06. The maximum absolute atomic E-state index is 10.3. The van der Waals surface area contributed by atoms with Crippen molar-refractivity contribution in [2.24, 2.45) is 0 Å². The predicted octanol–water partition coefficient (Wildman–Crippen LogP) is 0.395. The average molecular weight is 186 g/mol. The quantitative estimate of drug-likeness (QED) is 0.691. The van der Waals surface area contributed by atoms with Gasteiger partial charge in [0.1, 0.15) is 0 Å². The number of likely N-dealkylation sites (N-methyl/N-ethyl adjacent to an activating group) is 2. The molecule has 1 rings (SSSR count). The van der Waals surface area contributed by atoms with Crippen molar-refractivity contribution in [1.82, 2.24) is 9.80 Å². The van der Waals surface area contributed by atoms with Crippen LogP contribution in [-0.4, -0.2) is 60.8 Å². The van der Waals surface area contributed by atoms with Gasteiger partial charge >= 0.3 is 0 Å². The van der Waals surface area contributed by atoms with Gasteiger partial charge in [-0.15, -0.1) is 0 Å². The molecule has 0 aromatic heterocycles. The Balaban J connectivity index is 2.47. The highest BCUT2D eigenvalue weighted by atomic mass is 16.3. The van der Waals surface area contributed by atoms with Crippen LogP contribution >= 0.6 is 0 Å². The lowest BCUT2D eigenvalue weighted by Gasteiger charge is -2.40. The molecule has 3 nitrogen and oxygen atoms in total. The normalized spacial score (nSPS) is 31.2. The van der Waals surface area contributed by atoms with Crippen LogP contribution in [-0.2, 0) is 0 Å². The maximum atomic E-state index is 10.3. The van der Waals surface area contributed by atoms with E-state index in [4.69, 9.17) is 0 Å². The standard InChI is InChI=1S/C10H22N2O/c1-4-12-7-5-6-10(13,9-12)8-11(2)3/h13H,4-9H2,1-3H3/t10-/m0/s1. The second-order valence-corrected chi connectivity index (χ2v) is 4.43. The van der Waals surface area contributed by atoms with Crippen molar-refractivity contribution in [3.05, 3.63) is 0 Å². The van der Waals surface area contributed by atoms with Crippen molar-refractivity contribution < 1.29 is 5.11 Å². The maximum Gasteiger partial charge on any atom is 0.0900 e. The second-order valence-electron chi connectivity index (χ2n) is 4.43. The number of hydrogen-bond donors (Lipinski definition) is 1. The molecule has 0 unspecified atom stereocenters. The van der Waals surface area contributed by atoms with Gasteiger partial charge in [-0.3, -0.25) is 0 Å². The SMILES string of the molecule is CCN1CCC[C@](O)(CN(C)C)C1. The smallest absolute Gasteiger partial charge is 0.0900 e. The van der Waals surface area contributed by atoms with E-state index in [1.54, 1.807) is 0 Å². The molecule has 0 radical (unpaired) electrons. The number of rotatable bonds is 3. The summed E-state index contributed by atoms with van der Waals surface area (Å²) >= 11 is 0. The van der Waals surface area contributed by atoms with Crippen LogP contribution in [0.2, 0.25) is 0 Å². The van der Waals surface area contributed by atoms with E-state index in [-0.39, 0.29) is 0 Å². The van der Waals surface area contributed by atoms with Crippen LogP contribution in [0.4, 0.5) is 0 Å². The molecule has 0 aromatic rings. The third-order valence-electron chi connectivity index (χ3n) is 2.69. The Morgan fingerprint density at radius 3 is 2.69 bits per heavy atom. The zero-order valence-electron chi connectivity index (χ0n) is 9.08. The van der Waals surface area contributed by atoms with Gasteiger partial charge in [-0.2, -0.15) is 0 Å². The fourth-order valence-corrected chi connectivity index (χ4v) is 2.19. The number of piperidine rings is 1. The molecule has 1 saturated heterocycles. The van der Waals surface area contributed by atoms with E-state index in [2.05, 4.69) is 16.7 Å². The molecule has 3 heteroatoms. The minimum absolute atomic E-state index is 0.474. The number of aliphatic hydroxyl groups is 1. The van der Waals surface area contributed by atoms with Crippen LogP contribution in [0.15, 0.2) is 0 Å². The zero-order chi connectivity index (χ0) is 9.90. The first-order valence-corrected chi connectivity index (χ1v) is 5.15. The van der Waals surface area contributed by atoms with E-state index in [0.29, 0.717) is 0 Å². The van der Waals surface area contributed by atoms with E-state index < -0.39 is 5.60 Å². The minimum atomic E-state index is -0.474. The summed E-state index contributed by atoms with van der Waals surface area (Å²) in [5.41, 5.74) is -0.474. The molecule has 0 spiro atoms. The molecule has 1 fully saturated rings. The summed E-state index contributed by atoms with van der Waals surface area (Å²) in [6.45, 7) is 5.97. The van der Waals surface area contributed by atoms with Gasteiger partial charge < -0.3 is 14.9 Å². The molecule has 0 saturated carbocycles. The minimum Gasteiger partial charge on any atom is -0.387 e. The largest absolute Gasteiger partial charge is 0.387 e. The molecule has 0 aromatic carbocycles. The number of likely N-dealkylation sites (tertiary alicyclic amines) is 1. The van der Waals surface area contributed by atoms with Crippen molar-refractivity contribution in [1.29, 1.82) is 0 Å². The van der Waals surface area contributed by atoms with E-state index in [1.807, 2.05) is 14.1 Å². The molecule has 13 heavy (non-hydrogen) atoms. The highest BCUT2D eigenvalue weighted by Gasteiger charge is 2.32. The van der Waals surface area contributed by atoms with Crippen LogP contribution < -0.4 is 0 Å². The first kappa shape index (κ1) is 11.0. The molecule has 78 valence electrons. The van der Waals surface area contributed by atoms with Crippen molar-refractivity contribution >= 4 is 0 Å². The number of β-amino-alcohol motifs (C(OH)–C–C–N with tert-alkyl or cyclic N) is 1. The molecule has 0 aliphatic carbocycles. The first-order valence-electron chi connectivity index (χ1n) is 5.15. The molecule has 0 bridgehead atoms. The summed E-state index contributed by atoms with van der Waals surface area (Å²) in [6.07, 6.45) is 2.07. The van der Waals surface area contributed by atoms with E-state index in [0.717, 1.165) is 39.0 Å². The lowest BCUT2D eigenvalue weighted by atomic mass is 9.92. The number of nitrogens with zero attached hydrogens (tertiary/aromatic N) is 2. The molecule has 1 aliphatic rings. The highest BCUT2D eigenvalue weighted by Crippen LogP contribution is 2.21. The van der Waals surface area contributed by atoms with Gasteiger partial charge in [0.05, 0.1) is 5.60 Å². The Morgan fingerprint density at radius 2 is 2.15 bits per heavy atom. The molecule has 1 heterocycles. The summed E-state index contributed by atoms with van der Waals surface area (Å²) in [5, 5.41) is 10.3. The topological polar surface area (TPSA) is 26.7 Å². The molecule has 1 aliphatic heterocycles. The molecule has 0 amide bonds. The van der Waals surface area contributed by atoms with Crippen LogP contribution in [0.25, 0.3) is 0 Å². The molecular formula is C10H22N2O. The zero-order valence-corrected chi connectivity index (χ0v) is 9.08. The lowest BCUT2D eigenvalue weighted by Crippen LogP contribution is -2.53. The van der Waals surface area contributed by atoms with Gasteiger partial charge in [0.25, 0.3) is 0 Å². The number of hydrogen-bond acceptors (Lipinski definition) is 3. The second kappa shape index (κ2) is 4.40. The summed E-state index contributed by atoms with van der Waals surface area (Å²) in [6, 6.07) is 0. The van der Waals surface area contributed by atoms with Crippen LogP contribution in [0.1, 0.15) is 19.8 Å². The highest BCUT2D eigenvalue weighted by molar-refractivity contribution is 4.88. The van der Waals surface area contributed by atoms with Crippen LogP contribution in [0, 0.1) is 0 Å². The summed E-state index contributed by atoms with van der Waals surface area (Å²) in [4.78, 5) is 4.39. The monoisotopic (exact) mass is 186 g/mol. The van der Waals surface area contributed by atoms with Gasteiger partial charge in [-0.1, -0.05) is 6.92 Å². The van der Waals surface area contributed by atoms with Crippen molar-refractivity contribution in [3.8, 4) is 0 Å². The van der Waals surface area contributed by atoms with E-state index in [9.17, 15) is 5.11 Å². The molecule has 1 atom stereocenters. The molecule has 1 N–H and O–H groups in total. The Bertz CT molecular complexity index is 161. The van der Waals surface area contributed by atoms with Gasteiger partial charge in [0.2, 0.25) is 0 Å². The van der Waals surface area contributed by atoms with Crippen LogP contribution in [0.3, 0.4) is 0 Å². The van der Waals surface area contributed by atoms with Crippen molar-refractivity contribution in [2.45, 2.75) is 25.4 Å².